The molecule has 1 amide bonds. The number of hydrogen-bond donors (Lipinski definition) is 1. The molecule has 3 fully saturated rings. The number of benzene rings is 2. The van der Waals surface area contributed by atoms with Gasteiger partial charge in [-0.25, -0.2) is 8.42 Å². The molecule has 8 nitrogen and oxygen atoms in total. The van der Waals surface area contributed by atoms with Crippen LogP contribution < -0.4 is 0 Å². The van der Waals surface area contributed by atoms with Crippen LogP contribution >= 0.6 is 23.2 Å². The molecule has 0 radical (unpaired) electrons. The van der Waals surface area contributed by atoms with Gasteiger partial charge in [0.15, 0.2) is 0 Å². The monoisotopic (exact) mass is 594 g/mol. The molecule has 1 N–H and O–H groups in total. The lowest BCUT2D eigenvalue weighted by molar-refractivity contribution is -0.183. The van der Waals surface area contributed by atoms with Crippen LogP contribution in [0.25, 0.3) is 0 Å². The molecular formula is C28H32Cl2N2O6S. The third-order valence-electron chi connectivity index (χ3n) is 7.93. The van der Waals surface area contributed by atoms with Crippen LogP contribution in [0.5, 0.6) is 0 Å². The Bertz CT molecular complexity index is 1330. The van der Waals surface area contributed by atoms with Crippen molar-refractivity contribution in [1.82, 2.24) is 9.21 Å². The summed E-state index contributed by atoms with van der Waals surface area (Å²) in [5.74, 6) is -1.93. The Hall–Kier alpha value is -2.17. The number of carboxylic acid groups (broad SMARTS) is 1. The number of carboxylic acids is 1. The van der Waals surface area contributed by atoms with Crippen molar-refractivity contribution in [3.05, 3.63) is 69.7 Å². The summed E-state index contributed by atoms with van der Waals surface area (Å²) >= 11 is 12.5. The fourth-order valence-electron chi connectivity index (χ4n) is 5.92. The van der Waals surface area contributed by atoms with Crippen molar-refractivity contribution in [3.8, 4) is 0 Å². The summed E-state index contributed by atoms with van der Waals surface area (Å²) in [7, 11) is -3.69. The van der Waals surface area contributed by atoms with Crippen LogP contribution in [-0.2, 0) is 24.3 Å². The summed E-state index contributed by atoms with van der Waals surface area (Å²) in [6.45, 7) is 2.37. The van der Waals surface area contributed by atoms with Gasteiger partial charge < -0.3 is 14.7 Å². The van der Waals surface area contributed by atoms with Crippen molar-refractivity contribution in [2.24, 2.45) is 5.92 Å². The molecule has 0 spiro atoms. The average Bonchev–Trinajstić information content (AvgIpc) is 3.63. The molecule has 210 valence electrons. The van der Waals surface area contributed by atoms with E-state index in [2.05, 4.69) is 0 Å². The quantitative estimate of drug-likeness (QED) is 0.434. The van der Waals surface area contributed by atoms with Crippen LogP contribution in [0.4, 0.5) is 0 Å². The molecule has 0 aromatic heterocycles. The Morgan fingerprint density at radius 1 is 1.08 bits per heavy atom. The molecule has 39 heavy (non-hydrogen) atoms. The lowest BCUT2D eigenvalue weighted by Crippen LogP contribution is -2.58. The number of ether oxygens (including phenoxy) is 1. The first-order valence-corrected chi connectivity index (χ1v) is 15.6. The third-order valence-corrected chi connectivity index (χ3v) is 10.4. The average molecular weight is 596 g/mol. The largest absolute Gasteiger partial charge is 0.481 e. The van der Waals surface area contributed by atoms with Gasteiger partial charge in [-0.15, -0.1) is 0 Å². The number of aliphatic carboxylic acids is 1. The van der Waals surface area contributed by atoms with Crippen LogP contribution in [0.1, 0.15) is 62.3 Å². The zero-order valence-corrected chi connectivity index (χ0v) is 23.9. The van der Waals surface area contributed by atoms with Gasteiger partial charge in [0.25, 0.3) is 5.91 Å². The number of hydrogen-bond acceptors (Lipinski definition) is 5. The number of halogens is 2. The van der Waals surface area contributed by atoms with E-state index >= 15 is 0 Å². The SMILES string of the molecule is CC1CCCN1S(=O)(=O)C[C@H](C1CC1)N1C(=O)[C@H](CC(=O)O)O[C@H](c2cccc(Cl)c2)[C@H]1c1ccc(Cl)cc1. The summed E-state index contributed by atoms with van der Waals surface area (Å²) in [6.07, 6.45) is 0.599. The number of rotatable bonds is 9. The number of carbonyl (C=O) groups is 2. The van der Waals surface area contributed by atoms with Crippen molar-refractivity contribution in [2.45, 2.75) is 69.4 Å². The highest BCUT2D eigenvalue weighted by atomic mass is 35.5. The minimum absolute atomic E-state index is 0.0139. The lowest BCUT2D eigenvalue weighted by Gasteiger charge is -2.48. The molecule has 2 aromatic carbocycles. The Kier molecular flexibility index (Phi) is 8.27. The first-order valence-electron chi connectivity index (χ1n) is 13.2. The van der Waals surface area contributed by atoms with Crippen LogP contribution in [0.2, 0.25) is 10.0 Å². The van der Waals surface area contributed by atoms with Crippen molar-refractivity contribution in [1.29, 1.82) is 0 Å². The Morgan fingerprint density at radius 3 is 2.38 bits per heavy atom. The van der Waals surface area contributed by atoms with E-state index < -0.39 is 52.6 Å². The Labute approximate surface area is 238 Å². The Morgan fingerprint density at radius 2 is 1.79 bits per heavy atom. The highest BCUT2D eigenvalue weighted by Crippen LogP contribution is 2.48. The van der Waals surface area contributed by atoms with Gasteiger partial charge in [0.05, 0.1) is 24.3 Å². The number of sulfonamides is 1. The minimum Gasteiger partial charge on any atom is -0.481 e. The smallest absolute Gasteiger partial charge is 0.306 e. The third kappa shape index (κ3) is 6.12. The second-order valence-corrected chi connectivity index (χ2v) is 13.6. The molecule has 2 heterocycles. The first-order chi connectivity index (χ1) is 18.5. The van der Waals surface area contributed by atoms with Gasteiger partial charge in [-0.1, -0.05) is 47.5 Å². The maximum absolute atomic E-state index is 14.1. The van der Waals surface area contributed by atoms with Crippen molar-refractivity contribution in [3.63, 3.8) is 0 Å². The highest BCUT2D eigenvalue weighted by molar-refractivity contribution is 7.89. The highest BCUT2D eigenvalue weighted by Gasteiger charge is 2.52. The summed E-state index contributed by atoms with van der Waals surface area (Å²) in [5, 5.41) is 10.6. The molecule has 1 aliphatic carbocycles. The molecule has 2 aromatic rings. The van der Waals surface area contributed by atoms with Crippen LogP contribution in [-0.4, -0.2) is 65.1 Å². The standard InChI is InChI=1S/C28H32Cl2N2O6S/c1-17-4-3-13-31(17)39(36,37)16-23(18-7-8-18)32-26(19-9-11-21(29)12-10-19)27(20-5-2-6-22(30)14-20)38-24(28(32)35)15-25(33)34/h2,5-6,9-12,14,17-18,23-24,26-27H,3-4,7-8,13,15-16H2,1H3,(H,33,34)/t17?,23-,24+,26-,27-/m1/s1. The predicted molar refractivity (Wildman–Crippen MR) is 148 cm³/mol. The second kappa shape index (κ2) is 11.4. The van der Waals surface area contributed by atoms with E-state index in [-0.39, 0.29) is 17.7 Å². The van der Waals surface area contributed by atoms with Crippen LogP contribution in [0.15, 0.2) is 48.5 Å². The van der Waals surface area contributed by atoms with E-state index in [0.717, 1.165) is 25.7 Å². The predicted octanol–water partition coefficient (Wildman–Crippen LogP) is 5.07. The second-order valence-electron chi connectivity index (χ2n) is 10.7. The van der Waals surface area contributed by atoms with Crippen molar-refractivity contribution < 1.29 is 27.9 Å². The topological polar surface area (TPSA) is 104 Å². The molecule has 5 rings (SSSR count). The van der Waals surface area contributed by atoms with E-state index in [1.54, 1.807) is 51.7 Å². The summed E-state index contributed by atoms with van der Waals surface area (Å²) in [5.41, 5.74) is 1.38. The summed E-state index contributed by atoms with van der Waals surface area (Å²) < 4.78 is 35.2. The molecule has 3 aliphatic rings. The van der Waals surface area contributed by atoms with E-state index in [9.17, 15) is 23.1 Å². The van der Waals surface area contributed by atoms with Crippen LogP contribution in [0.3, 0.4) is 0 Å². The zero-order valence-electron chi connectivity index (χ0n) is 21.6. The normalized spacial score (nSPS) is 27.1. The van der Waals surface area contributed by atoms with Gasteiger partial charge in [-0.05, 0) is 73.9 Å². The zero-order chi connectivity index (χ0) is 27.9. The van der Waals surface area contributed by atoms with E-state index in [1.807, 2.05) is 13.0 Å². The summed E-state index contributed by atoms with van der Waals surface area (Å²) in [4.78, 5) is 27.5. The lowest BCUT2D eigenvalue weighted by atomic mass is 9.89. The number of nitrogens with zero attached hydrogens (tertiary/aromatic N) is 2. The Balaban J connectivity index is 1.63. The van der Waals surface area contributed by atoms with Crippen molar-refractivity contribution >= 4 is 45.1 Å². The maximum Gasteiger partial charge on any atom is 0.306 e. The van der Waals surface area contributed by atoms with Gasteiger partial charge in [0.1, 0.15) is 12.2 Å². The van der Waals surface area contributed by atoms with Crippen LogP contribution in [0, 0.1) is 5.92 Å². The molecule has 1 saturated carbocycles. The molecule has 5 atom stereocenters. The van der Waals surface area contributed by atoms with Crippen molar-refractivity contribution in [2.75, 3.05) is 12.3 Å². The number of carbonyl (C=O) groups excluding carboxylic acids is 1. The summed E-state index contributed by atoms with van der Waals surface area (Å²) in [6, 6.07) is 12.6. The maximum atomic E-state index is 14.1. The number of amides is 1. The van der Waals surface area contributed by atoms with E-state index in [4.69, 9.17) is 27.9 Å². The molecule has 2 saturated heterocycles. The molecule has 2 aliphatic heterocycles. The fourth-order valence-corrected chi connectivity index (χ4v) is 8.36. The van der Waals surface area contributed by atoms with E-state index in [1.165, 1.54) is 0 Å². The van der Waals surface area contributed by atoms with Gasteiger partial charge in [0, 0.05) is 22.6 Å². The molecule has 0 bridgehead atoms. The van der Waals surface area contributed by atoms with Gasteiger partial charge in [0.2, 0.25) is 10.0 Å². The first kappa shape index (κ1) is 28.4. The molecule has 11 heteroatoms. The van der Waals surface area contributed by atoms with Gasteiger partial charge in [-0.3, -0.25) is 9.59 Å². The van der Waals surface area contributed by atoms with Gasteiger partial charge in [-0.2, -0.15) is 4.31 Å². The molecular weight excluding hydrogens is 563 g/mol. The fraction of sp³-hybridized carbons (Fsp3) is 0.500. The minimum atomic E-state index is -3.69. The molecule has 1 unspecified atom stereocenters. The number of morpholine rings is 1. The van der Waals surface area contributed by atoms with Gasteiger partial charge >= 0.3 is 5.97 Å². The van der Waals surface area contributed by atoms with E-state index in [0.29, 0.717) is 27.7 Å².